The van der Waals surface area contributed by atoms with E-state index in [1.165, 1.54) is 7.11 Å². The van der Waals surface area contributed by atoms with Crippen LogP contribution in [0.2, 0.25) is 0 Å². The van der Waals surface area contributed by atoms with Crippen LogP contribution in [0.1, 0.15) is 38.5 Å². The van der Waals surface area contributed by atoms with Crippen LogP contribution in [-0.2, 0) is 19.6 Å². The van der Waals surface area contributed by atoms with Crippen molar-refractivity contribution >= 4 is 16.0 Å². The van der Waals surface area contributed by atoms with E-state index in [9.17, 15) is 13.2 Å². The van der Waals surface area contributed by atoms with Crippen molar-refractivity contribution in [3.63, 3.8) is 0 Å². The number of ether oxygens (including phenoxy) is 1. The first-order valence-corrected chi connectivity index (χ1v) is 7.16. The van der Waals surface area contributed by atoms with Crippen LogP contribution in [0.4, 0.5) is 0 Å². The molecule has 0 saturated heterocycles. The topological polar surface area (TPSA) is 72.5 Å². The first-order valence-electron chi connectivity index (χ1n) is 5.61. The van der Waals surface area contributed by atoms with E-state index in [0.29, 0.717) is 0 Å². The van der Waals surface area contributed by atoms with Gasteiger partial charge in [0.2, 0.25) is 10.0 Å². The van der Waals surface area contributed by atoms with Crippen molar-refractivity contribution < 1.29 is 17.9 Å². The Kier molecular flexibility index (Phi) is 5.21. The number of nitrogens with one attached hydrogen (secondary N) is 1. The molecule has 0 radical (unpaired) electrons. The molecule has 0 amide bonds. The monoisotopic (exact) mass is 249 g/mol. The Morgan fingerprint density at radius 1 is 1.31 bits per heavy atom. The fourth-order valence-corrected chi connectivity index (χ4v) is 3.47. The van der Waals surface area contributed by atoms with E-state index in [4.69, 9.17) is 0 Å². The Bertz CT molecular complexity index is 320. The molecule has 0 unspecified atom stereocenters. The molecular weight excluding hydrogens is 230 g/mol. The van der Waals surface area contributed by atoms with Gasteiger partial charge in [-0.15, -0.1) is 0 Å². The average molecular weight is 249 g/mol. The van der Waals surface area contributed by atoms with Gasteiger partial charge in [-0.2, -0.15) is 0 Å². The third kappa shape index (κ3) is 4.09. The lowest BCUT2D eigenvalue weighted by molar-refractivity contribution is -0.140. The van der Waals surface area contributed by atoms with Gasteiger partial charge in [0.15, 0.2) is 0 Å². The minimum absolute atomic E-state index is 0.0858. The summed E-state index contributed by atoms with van der Waals surface area (Å²) in [7, 11) is -1.96. The van der Waals surface area contributed by atoms with Gasteiger partial charge in [-0.3, -0.25) is 4.79 Å². The van der Waals surface area contributed by atoms with Crippen LogP contribution in [0.5, 0.6) is 0 Å². The number of esters is 1. The summed E-state index contributed by atoms with van der Waals surface area (Å²) in [5.41, 5.74) is 0. The van der Waals surface area contributed by atoms with Gasteiger partial charge in [0.05, 0.1) is 18.8 Å². The third-order valence-electron chi connectivity index (χ3n) is 2.85. The van der Waals surface area contributed by atoms with E-state index < -0.39 is 16.0 Å². The van der Waals surface area contributed by atoms with Gasteiger partial charge in [0, 0.05) is 6.54 Å². The van der Waals surface area contributed by atoms with Crippen LogP contribution in [0.15, 0.2) is 0 Å². The molecule has 0 bridgehead atoms. The highest BCUT2D eigenvalue weighted by atomic mass is 32.2. The van der Waals surface area contributed by atoms with E-state index in [0.717, 1.165) is 32.1 Å². The summed E-state index contributed by atoms with van der Waals surface area (Å²) in [5, 5.41) is -0.279. The van der Waals surface area contributed by atoms with Crippen molar-refractivity contribution in [2.45, 2.75) is 43.8 Å². The summed E-state index contributed by atoms with van der Waals surface area (Å²) in [5.74, 6) is -0.397. The van der Waals surface area contributed by atoms with Crippen LogP contribution in [0.25, 0.3) is 0 Å². The number of carbonyl (C=O) groups excluding carboxylic acids is 1. The smallest absolute Gasteiger partial charge is 0.306 e. The maximum atomic E-state index is 11.8. The van der Waals surface area contributed by atoms with Crippen molar-refractivity contribution in [3.8, 4) is 0 Å². The molecule has 1 saturated carbocycles. The van der Waals surface area contributed by atoms with E-state index in [2.05, 4.69) is 9.46 Å². The van der Waals surface area contributed by atoms with E-state index in [-0.39, 0.29) is 18.2 Å². The summed E-state index contributed by atoms with van der Waals surface area (Å²) >= 11 is 0. The number of rotatable bonds is 5. The highest BCUT2D eigenvalue weighted by Gasteiger charge is 2.26. The van der Waals surface area contributed by atoms with Gasteiger partial charge in [0.25, 0.3) is 0 Å². The lowest BCUT2D eigenvalue weighted by Crippen LogP contribution is -2.36. The molecule has 0 aromatic carbocycles. The molecule has 0 atom stereocenters. The first-order chi connectivity index (χ1) is 7.56. The molecule has 5 nitrogen and oxygen atoms in total. The Morgan fingerprint density at radius 3 is 2.50 bits per heavy atom. The second-order valence-electron chi connectivity index (χ2n) is 4.03. The number of carbonyl (C=O) groups is 1. The summed E-state index contributed by atoms with van der Waals surface area (Å²) in [6, 6.07) is 0. The van der Waals surface area contributed by atoms with Gasteiger partial charge < -0.3 is 4.74 Å². The van der Waals surface area contributed by atoms with Gasteiger partial charge in [-0.05, 0) is 12.8 Å². The minimum atomic E-state index is -3.25. The molecule has 0 spiro atoms. The second-order valence-corrected chi connectivity index (χ2v) is 6.07. The van der Waals surface area contributed by atoms with Crippen molar-refractivity contribution in [2.24, 2.45) is 0 Å². The molecule has 6 heteroatoms. The molecule has 16 heavy (non-hydrogen) atoms. The number of hydrogen-bond donors (Lipinski definition) is 1. The Morgan fingerprint density at radius 2 is 1.94 bits per heavy atom. The molecule has 0 aliphatic heterocycles. The molecule has 1 aliphatic carbocycles. The average Bonchev–Trinajstić information content (AvgIpc) is 2.30. The minimum Gasteiger partial charge on any atom is -0.469 e. The summed E-state index contributed by atoms with van der Waals surface area (Å²) < 4.78 is 30.5. The SMILES string of the molecule is COC(=O)CCNS(=O)(=O)C1CCCCC1. The predicted octanol–water partition coefficient (Wildman–Crippen LogP) is 0.802. The number of hydrogen-bond acceptors (Lipinski definition) is 4. The van der Waals surface area contributed by atoms with Gasteiger partial charge in [-0.1, -0.05) is 19.3 Å². The Hall–Kier alpha value is -0.620. The van der Waals surface area contributed by atoms with Gasteiger partial charge >= 0.3 is 5.97 Å². The fourth-order valence-electron chi connectivity index (χ4n) is 1.89. The molecule has 0 aromatic rings. The van der Waals surface area contributed by atoms with E-state index in [1.807, 2.05) is 0 Å². The second kappa shape index (κ2) is 6.20. The zero-order valence-electron chi connectivity index (χ0n) is 9.57. The zero-order chi connectivity index (χ0) is 12.0. The normalized spacial score (nSPS) is 18.3. The molecule has 0 heterocycles. The maximum absolute atomic E-state index is 11.8. The molecule has 1 aliphatic rings. The maximum Gasteiger partial charge on any atom is 0.306 e. The third-order valence-corrected chi connectivity index (χ3v) is 4.81. The number of methoxy groups -OCH3 is 1. The summed E-state index contributed by atoms with van der Waals surface area (Å²) in [6.07, 6.45) is 4.61. The standard InChI is InChI=1S/C10H19NO4S/c1-15-10(12)7-8-11-16(13,14)9-5-3-2-4-6-9/h9,11H,2-8H2,1H3. The largest absolute Gasteiger partial charge is 0.469 e. The van der Waals surface area contributed by atoms with Crippen molar-refractivity contribution in [3.05, 3.63) is 0 Å². The molecule has 1 N–H and O–H groups in total. The first kappa shape index (κ1) is 13.4. The molecule has 1 fully saturated rings. The van der Waals surface area contributed by atoms with Crippen LogP contribution < -0.4 is 4.72 Å². The Balaban J connectivity index is 2.36. The summed E-state index contributed by atoms with van der Waals surface area (Å²) in [6.45, 7) is 0.130. The lowest BCUT2D eigenvalue weighted by Gasteiger charge is -2.21. The van der Waals surface area contributed by atoms with E-state index >= 15 is 0 Å². The van der Waals surface area contributed by atoms with Crippen molar-refractivity contribution in [1.29, 1.82) is 0 Å². The fraction of sp³-hybridized carbons (Fsp3) is 0.900. The van der Waals surface area contributed by atoms with Gasteiger partial charge in [0.1, 0.15) is 0 Å². The molecule has 94 valence electrons. The molecule has 1 rings (SSSR count). The van der Waals surface area contributed by atoms with Crippen LogP contribution in [-0.4, -0.2) is 33.3 Å². The Labute approximate surface area is 96.6 Å². The van der Waals surface area contributed by atoms with Crippen molar-refractivity contribution in [1.82, 2.24) is 4.72 Å². The lowest BCUT2D eigenvalue weighted by atomic mass is 10.0. The highest BCUT2D eigenvalue weighted by Crippen LogP contribution is 2.22. The van der Waals surface area contributed by atoms with Crippen LogP contribution >= 0.6 is 0 Å². The highest BCUT2D eigenvalue weighted by molar-refractivity contribution is 7.90. The number of sulfonamides is 1. The summed E-state index contributed by atoms with van der Waals surface area (Å²) in [4.78, 5) is 10.8. The quantitative estimate of drug-likeness (QED) is 0.732. The van der Waals surface area contributed by atoms with E-state index in [1.54, 1.807) is 0 Å². The van der Waals surface area contributed by atoms with Gasteiger partial charge in [-0.25, -0.2) is 13.1 Å². The zero-order valence-corrected chi connectivity index (χ0v) is 10.4. The van der Waals surface area contributed by atoms with Crippen LogP contribution in [0, 0.1) is 0 Å². The molecule has 0 aromatic heterocycles. The van der Waals surface area contributed by atoms with Crippen molar-refractivity contribution in [2.75, 3.05) is 13.7 Å². The molecular formula is C10H19NO4S. The predicted molar refractivity (Wildman–Crippen MR) is 60.4 cm³/mol. The van der Waals surface area contributed by atoms with Crippen LogP contribution in [0.3, 0.4) is 0 Å².